The fourth-order valence-electron chi connectivity index (χ4n) is 2.81. The van der Waals surface area contributed by atoms with Gasteiger partial charge >= 0.3 is 6.09 Å². The highest BCUT2D eigenvalue weighted by Crippen LogP contribution is 2.25. The second-order valence-electron chi connectivity index (χ2n) is 7.44. The molecule has 0 radical (unpaired) electrons. The van der Waals surface area contributed by atoms with Crippen LogP contribution in [0.1, 0.15) is 39.6 Å². The molecule has 1 amide bonds. The van der Waals surface area contributed by atoms with Gasteiger partial charge in [-0.2, -0.15) is 0 Å². The Balaban J connectivity index is 2.21. The van der Waals surface area contributed by atoms with Crippen LogP contribution in [-0.2, 0) is 4.74 Å². The maximum atomic E-state index is 14.4. The molecule has 2 aromatic heterocycles. The summed E-state index contributed by atoms with van der Waals surface area (Å²) in [5.74, 6) is -0.576. The van der Waals surface area contributed by atoms with E-state index in [1.807, 2.05) is 0 Å². The molecule has 0 aliphatic heterocycles. The molecule has 7 nitrogen and oxygen atoms in total. The van der Waals surface area contributed by atoms with Gasteiger partial charge in [-0.3, -0.25) is 14.3 Å². The number of fused-ring (bicyclic) bond motifs is 1. The van der Waals surface area contributed by atoms with E-state index in [4.69, 9.17) is 16.3 Å². The molecule has 0 unspecified atom stereocenters. The minimum absolute atomic E-state index is 0.0521. The van der Waals surface area contributed by atoms with E-state index in [0.29, 0.717) is 5.69 Å². The third kappa shape index (κ3) is 4.37. The summed E-state index contributed by atoms with van der Waals surface area (Å²) in [6.07, 6.45) is 2.33. The summed E-state index contributed by atoms with van der Waals surface area (Å²) in [5.41, 5.74) is -1.04. The van der Waals surface area contributed by atoms with Gasteiger partial charge in [-0.1, -0.05) is 11.6 Å². The van der Waals surface area contributed by atoms with Gasteiger partial charge in [0.2, 0.25) is 0 Å². The first-order valence-electron chi connectivity index (χ1n) is 8.89. The first-order chi connectivity index (χ1) is 13.6. The maximum absolute atomic E-state index is 14.4. The van der Waals surface area contributed by atoms with Crippen molar-refractivity contribution in [3.63, 3.8) is 0 Å². The number of carbonyl (C=O) groups is 1. The van der Waals surface area contributed by atoms with Crippen LogP contribution in [0.4, 0.5) is 9.18 Å². The van der Waals surface area contributed by atoms with Crippen molar-refractivity contribution < 1.29 is 13.9 Å². The summed E-state index contributed by atoms with van der Waals surface area (Å²) in [6, 6.07) is 4.97. The molecule has 0 aliphatic rings. The molecule has 0 bridgehead atoms. The van der Waals surface area contributed by atoms with Gasteiger partial charge in [0, 0.05) is 6.20 Å². The number of rotatable bonds is 3. The van der Waals surface area contributed by atoms with Gasteiger partial charge < -0.3 is 10.1 Å². The minimum atomic E-state index is -0.777. The number of hydrogen-bond acceptors (Lipinski definition) is 5. The number of carbonyl (C=O) groups excluding carboxylic acids is 1. The third-order valence-electron chi connectivity index (χ3n) is 3.97. The Morgan fingerprint density at radius 2 is 2.03 bits per heavy atom. The molecule has 152 valence electrons. The van der Waals surface area contributed by atoms with Gasteiger partial charge in [0.1, 0.15) is 22.8 Å². The number of aromatic nitrogens is 3. The van der Waals surface area contributed by atoms with Crippen LogP contribution in [0, 0.1) is 5.82 Å². The van der Waals surface area contributed by atoms with E-state index < -0.39 is 29.1 Å². The van der Waals surface area contributed by atoms with Gasteiger partial charge in [0.25, 0.3) is 5.56 Å². The Morgan fingerprint density at radius 3 is 2.66 bits per heavy atom. The highest BCUT2D eigenvalue weighted by molar-refractivity contribution is 6.35. The van der Waals surface area contributed by atoms with Crippen molar-refractivity contribution in [2.75, 3.05) is 0 Å². The van der Waals surface area contributed by atoms with Crippen molar-refractivity contribution in [3.05, 3.63) is 63.7 Å². The summed E-state index contributed by atoms with van der Waals surface area (Å²) in [7, 11) is 0. The molecule has 1 atom stereocenters. The molecule has 0 fully saturated rings. The monoisotopic (exact) mass is 418 g/mol. The smallest absolute Gasteiger partial charge is 0.408 e. The Kier molecular flexibility index (Phi) is 5.57. The molecule has 0 saturated heterocycles. The van der Waals surface area contributed by atoms with Crippen molar-refractivity contribution in [3.8, 4) is 5.69 Å². The summed E-state index contributed by atoms with van der Waals surface area (Å²) in [6.45, 7) is 6.81. The lowest BCUT2D eigenvalue weighted by molar-refractivity contribution is 0.0505. The number of ether oxygens (including phenoxy) is 1. The Morgan fingerprint density at radius 1 is 1.31 bits per heavy atom. The quantitative estimate of drug-likeness (QED) is 0.690. The van der Waals surface area contributed by atoms with Crippen LogP contribution < -0.4 is 10.9 Å². The van der Waals surface area contributed by atoms with Gasteiger partial charge in [-0.15, -0.1) is 0 Å². The second kappa shape index (κ2) is 7.79. The van der Waals surface area contributed by atoms with Crippen LogP contribution in [0.5, 0.6) is 0 Å². The molecule has 0 aliphatic carbocycles. The second-order valence-corrected chi connectivity index (χ2v) is 7.85. The zero-order valence-electron chi connectivity index (χ0n) is 16.4. The molecule has 0 saturated carbocycles. The highest BCUT2D eigenvalue weighted by Gasteiger charge is 2.24. The highest BCUT2D eigenvalue weighted by atomic mass is 35.5. The number of nitrogens with zero attached hydrogens (tertiary/aromatic N) is 3. The summed E-state index contributed by atoms with van der Waals surface area (Å²) >= 11 is 6.16. The van der Waals surface area contributed by atoms with Gasteiger partial charge in [0.15, 0.2) is 0 Å². The molecular formula is C20H20ClFN4O3. The Hall–Kier alpha value is -3.00. The van der Waals surface area contributed by atoms with Crippen molar-refractivity contribution in [1.29, 1.82) is 0 Å². The fraction of sp³-hybridized carbons (Fsp3) is 0.300. The SMILES string of the molecule is C[C@@H](NC(=O)OC(C)(C)C)c1nc2c(F)ccc(Cl)c2c(=O)n1-c1cccnc1. The standard InChI is InChI=1S/C20H20ClFN4O3/c1-11(24-19(28)29-20(2,3)4)17-25-16-14(22)8-7-13(21)15(16)18(27)26(17)12-6-5-9-23-10-12/h5-11H,1-4H3,(H,24,28)/t11-/m1/s1. The molecule has 1 aromatic carbocycles. The van der Waals surface area contributed by atoms with Crippen LogP contribution in [0.25, 0.3) is 16.6 Å². The molecule has 3 aromatic rings. The average molecular weight is 419 g/mol. The minimum Gasteiger partial charge on any atom is -0.444 e. The van der Waals surface area contributed by atoms with E-state index in [1.165, 1.54) is 16.8 Å². The number of pyridine rings is 1. The lowest BCUT2D eigenvalue weighted by Gasteiger charge is -2.23. The number of benzene rings is 1. The van der Waals surface area contributed by atoms with Crippen molar-refractivity contribution in [1.82, 2.24) is 19.9 Å². The van der Waals surface area contributed by atoms with E-state index in [2.05, 4.69) is 15.3 Å². The van der Waals surface area contributed by atoms with E-state index in [-0.39, 0.29) is 21.7 Å². The van der Waals surface area contributed by atoms with Crippen molar-refractivity contribution in [2.24, 2.45) is 0 Å². The molecule has 3 rings (SSSR count). The third-order valence-corrected chi connectivity index (χ3v) is 4.29. The maximum Gasteiger partial charge on any atom is 0.408 e. The zero-order chi connectivity index (χ0) is 21.3. The number of alkyl carbamates (subject to hydrolysis) is 1. The van der Waals surface area contributed by atoms with Gasteiger partial charge in [-0.25, -0.2) is 14.2 Å². The number of halogens is 2. The van der Waals surface area contributed by atoms with E-state index in [0.717, 1.165) is 6.07 Å². The topological polar surface area (TPSA) is 86.1 Å². The molecule has 2 heterocycles. The average Bonchev–Trinajstić information content (AvgIpc) is 2.63. The molecule has 0 spiro atoms. The number of nitrogens with one attached hydrogen (secondary N) is 1. The largest absolute Gasteiger partial charge is 0.444 e. The lowest BCUT2D eigenvalue weighted by Crippen LogP contribution is -2.37. The van der Waals surface area contributed by atoms with Crippen LogP contribution in [0.2, 0.25) is 5.02 Å². The summed E-state index contributed by atoms with van der Waals surface area (Å²) in [4.78, 5) is 33.8. The first-order valence-corrected chi connectivity index (χ1v) is 9.27. The van der Waals surface area contributed by atoms with Crippen LogP contribution in [-0.4, -0.2) is 26.2 Å². The fourth-order valence-corrected chi connectivity index (χ4v) is 3.04. The van der Waals surface area contributed by atoms with Crippen LogP contribution in [0.3, 0.4) is 0 Å². The lowest BCUT2D eigenvalue weighted by atomic mass is 10.2. The van der Waals surface area contributed by atoms with Gasteiger partial charge in [-0.05, 0) is 52.0 Å². The first kappa shape index (κ1) is 20.7. The van der Waals surface area contributed by atoms with Crippen LogP contribution in [0.15, 0.2) is 41.5 Å². The molecular weight excluding hydrogens is 399 g/mol. The van der Waals surface area contributed by atoms with Crippen molar-refractivity contribution >= 4 is 28.6 Å². The normalized spacial score (nSPS) is 12.6. The predicted octanol–water partition coefficient (Wildman–Crippen LogP) is 4.16. The predicted molar refractivity (Wildman–Crippen MR) is 108 cm³/mol. The summed E-state index contributed by atoms with van der Waals surface area (Å²) in [5, 5.41) is 2.66. The zero-order valence-corrected chi connectivity index (χ0v) is 17.1. The number of hydrogen-bond donors (Lipinski definition) is 1. The Labute approximate surface area is 171 Å². The number of amides is 1. The van der Waals surface area contributed by atoms with E-state index in [9.17, 15) is 14.0 Å². The summed E-state index contributed by atoms with van der Waals surface area (Å²) < 4.78 is 20.9. The Bertz CT molecular complexity index is 1130. The van der Waals surface area contributed by atoms with E-state index >= 15 is 0 Å². The molecule has 1 N–H and O–H groups in total. The van der Waals surface area contributed by atoms with E-state index in [1.54, 1.807) is 46.0 Å². The van der Waals surface area contributed by atoms with Gasteiger partial charge in [0.05, 0.1) is 28.3 Å². The van der Waals surface area contributed by atoms with Crippen molar-refractivity contribution in [2.45, 2.75) is 39.3 Å². The molecule has 9 heteroatoms. The van der Waals surface area contributed by atoms with Crippen LogP contribution >= 0.6 is 11.6 Å². The molecule has 29 heavy (non-hydrogen) atoms.